The van der Waals surface area contributed by atoms with E-state index < -0.39 is 10.1 Å². The number of hydrogen-bond donors (Lipinski definition) is 0. The summed E-state index contributed by atoms with van der Waals surface area (Å²) in [5, 5.41) is 0.885. The average molecular weight is 1050 g/mol. The van der Waals surface area contributed by atoms with Crippen molar-refractivity contribution in [3.63, 3.8) is 0 Å². The molecule has 0 N–H and O–H groups in total. The fourth-order valence-electron chi connectivity index (χ4n) is 6.28. The second-order valence-corrected chi connectivity index (χ2v) is 17.5. The van der Waals surface area contributed by atoms with Crippen molar-refractivity contribution < 1.29 is 67.5 Å². The zero-order valence-electron chi connectivity index (χ0n) is 35.2. The van der Waals surface area contributed by atoms with E-state index in [1.165, 1.54) is 88.1 Å². The van der Waals surface area contributed by atoms with Crippen molar-refractivity contribution in [2.24, 2.45) is 9.98 Å². The maximum absolute atomic E-state index is 11.6. The van der Waals surface area contributed by atoms with E-state index in [4.69, 9.17) is 19.1 Å². The van der Waals surface area contributed by atoms with Crippen LogP contribution < -0.4 is 0 Å². The Bertz CT molecular complexity index is 1450. The summed E-state index contributed by atoms with van der Waals surface area (Å²) in [4.78, 5) is 8.83. The number of aliphatic imine (C=N–C) groups is 2. The number of rotatable bonds is 17. The van der Waals surface area contributed by atoms with Crippen LogP contribution in [-0.2, 0) is 60.2 Å². The molecule has 0 heterocycles. The Kier molecular flexibility index (Phi) is 37.5. The maximum atomic E-state index is 11.6. The van der Waals surface area contributed by atoms with E-state index >= 15 is 0 Å². The van der Waals surface area contributed by atoms with Crippen LogP contribution in [0.4, 0.5) is 11.4 Å². The SMILES string of the molecule is CCCC[N+](CCCC)(CCCC)CCCC.O=S(=O)([O-])c1cccc2c(N=C[C]3[CH][CH][CH][CH]3)c(N=C[C]3[CH][CH][CH][CH]3)ccc12.[CH]1[CH][CH][CH][CH]1.[CH]1[CH][CH][CH][CH]1.[Cl][Pd][Cl].[Fe+2].[Fe+2]. The van der Waals surface area contributed by atoms with Gasteiger partial charge in [-0.2, -0.15) is 0 Å². The van der Waals surface area contributed by atoms with E-state index in [1.54, 1.807) is 36.7 Å². The summed E-state index contributed by atoms with van der Waals surface area (Å²) in [6, 6.07) is 7.86. The zero-order valence-corrected chi connectivity index (χ0v) is 41.3. The molecule has 328 valence electrons. The van der Waals surface area contributed by atoms with Gasteiger partial charge in [-0.1, -0.05) is 71.6 Å². The molecule has 2 aromatic carbocycles. The summed E-state index contributed by atoms with van der Waals surface area (Å²) >= 11 is -0.106. The second kappa shape index (κ2) is 37.4. The van der Waals surface area contributed by atoms with Gasteiger partial charge in [-0.25, -0.2) is 8.42 Å². The normalized spacial score (nSPS) is 16.9. The predicted octanol–water partition coefficient (Wildman–Crippen LogP) is 12.4. The minimum Gasteiger partial charge on any atom is 2.00 e. The molecule has 0 spiro atoms. The third kappa shape index (κ3) is 25.0. The Morgan fingerprint density at radius 3 is 1.28 bits per heavy atom. The van der Waals surface area contributed by atoms with Gasteiger partial charge in [0.2, 0.25) is 0 Å². The molecule has 0 aromatic heterocycles. The van der Waals surface area contributed by atoms with Gasteiger partial charge in [0, 0.05) is 35.0 Å². The Balaban J connectivity index is 0.000000919. The van der Waals surface area contributed by atoms with Crippen molar-refractivity contribution in [3.05, 3.63) is 158 Å². The van der Waals surface area contributed by atoms with Crippen molar-refractivity contribution in [2.75, 3.05) is 26.2 Å². The molecule has 0 unspecified atom stereocenters. The summed E-state index contributed by atoms with van der Waals surface area (Å²) in [7, 11) is 5.02. The topological polar surface area (TPSA) is 81.9 Å². The first-order chi connectivity index (χ1) is 28.2. The van der Waals surface area contributed by atoms with Crippen LogP contribution in [-0.4, -0.2) is 56.1 Å². The van der Waals surface area contributed by atoms with Crippen LogP contribution in [0.3, 0.4) is 0 Å². The summed E-state index contributed by atoms with van der Waals surface area (Å²) < 4.78 is 36.4. The van der Waals surface area contributed by atoms with Crippen LogP contribution in [0, 0.1) is 127 Å². The molecule has 0 amide bonds. The van der Waals surface area contributed by atoms with Crippen molar-refractivity contribution in [1.82, 2.24) is 0 Å². The molecule has 4 aliphatic rings. The molecule has 6 nitrogen and oxygen atoms in total. The molecule has 4 aliphatic carbocycles. The number of fused-ring (bicyclic) bond motifs is 1. The van der Waals surface area contributed by atoms with Gasteiger partial charge in [-0.3, -0.25) is 9.98 Å². The Labute approximate surface area is 405 Å². The monoisotopic (exact) mass is 1050 g/mol. The van der Waals surface area contributed by atoms with E-state index in [2.05, 4.69) is 37.7 Å². The van der Waals surface area contributed by atoms with Crippen LogP contribution in [0.15, 0.2) is 45.2 Å². The van der Waals surface area contributed by atoms with Gasteiger partial charge in [0.1, 0.15) is 10.1 Å². The largest absolute Gasteiger partial charge is 2.00 e. The number of hydrogen-bond acceptors (Lipinski definition) is 5. The average Bonchev–Trinajstić information content (AvgIpc) is 4.09. The van der Waals surface area contributed by atoms with Gasteiger partial charge in [0.05, 0.1) is 42.4 Å². The molecule has 4 fully saturated rings. The number of halogens is 2. The smallest absolute Gasteiger partial charge is 2.00 e. The fraction of sp³-hybridized carbons (Fsp3) is 0.333. The first-order valence-electron chi connectivity index (χ1n) is 20.2. The zero-order chi connectivity index (χ0) is 42.3. The molecule has 2 aromatic rings. The molecular weight excluding hydrogens is 988 g/mol. The first-order valence-corrected chi connectivity index (χ1v) is 25.6. The summed E-state index contributed by atoms with van der Waals surface area (Å²) in [5.41, 5.74) is 1.09. The molecule has 0 aliphatic heterocycles. The van der Waals surface area contributed by atoms with Gasteiger partial charge in [-0.05, 0) is 153 Å². The minimum absolute atomic E-state index is 0. The molecule has 12 heteroatoms. The van der Waals surface area contributed by atoms with E-state index in [0.717, 1.165) is 11.8 Å². The van der Waals surface area contributed by atoms with Crippen molar-refractivity contribution in [1.29, 1.82) is 0 Å². The predicted molar refractivity (Wildman–Crippen MR) is 243 cm³/mol. The van der Waals surface area contributed by atoms with Crippen molar-refractivity contribution in [2.45, 2.75) is 84.0 Å². The van der Waals surface area contributed by atoms with E-state index in [-0.39, 0.29) is 55.0 Å². The van der Waals surface area contributed by atoms with Crippen molar-refractivity contribution in [3.8, 4) is 0 Å². The quantitative estimate of drug-likeness (QED) is 0.0685. The molecule has 60 heavy (non-hydrogen) atoms. The summed E-state index contributed by atoms with van der Waals surface area (Å²) in [5.74, 6) is 1.86. The molecule has 0 saturated heterocycles. The van der Waals surface area contributed by atoms with Crippen LogP contribution >= 0.6 is 19.1 Å². The second-order valence-electron chi connectivity index (χ2n) is 13.8. The summed E-state index contributed by atoms with van der Waals surface area (Å²) in [6.45, 7) is 15.0. The van der Waals surface area contributed by atoms with E-state index in [1.807, 2.05) is 116 Å². The van der Waals surface area contributed by atoms with Gasteiger partial charge in [-0.15, -0.1) is 0 Å². The van der Waals surface area contributed by atoms with Crippen LogP contribution in [0.5, 0.6) is 0 Å². The Hall–Kier alpha value is 0.191. The molecule has 0 atom stereocenters. The van der Waals surface area contributed by atoms with E-state index in [9.17, 15) is 13.0 Å². The van der Waals surface area contributed by atoms with Crippen LogP contribution in [0.1, 0.15) is 79.1 Å². The Morgan fingerprint density at radius 2 is 0.933 bits per heavy atom. The first kappa shape index (κ1) is 60.2. The van der Waals surface area contributed by atoms with Gasteiger partial charge >= 0.3 is 69.1 Å². The van der Waals surface area contributed by atoms with Gasteiger partial charge in [0.15, 0.2) is 0 Å². The van der Waals surface area contributed by atoms with Crippen LogP contribution in [0.25, 0.3) is 10.8 Å². The molecule has 4 saturated carbocycles. The summed E-state index contributed by atoms with van der Waals surface area (Å²) in [6.07, 6.45) is 49.8. The van der Waals surface area contributed by atoms with Crippen LogP contribution in [0.2, 0.25) is 0 Å². The Morgan fingerprint density at radius 1 is 0.567 bits per heavy atom. The van der Waals surface area contributed by atoms with E-state index in [0.29, 0.717) is 22.1 Å². The number of unbranched alkanes of at least 4 members (excludes halogenated alkanes) is 4. The molecule has 0 bridgehead atoms. The molecule has 20 radical (unpaired) electrons. The number of quaternary nitrogens is 1. The molecule has 6 rings (SSSR count). The number of benzene rings is 2. The van der Waals surface area contributed by atoms with Gasteiger partial charge < -0.3 is 9.04 Å². The number of nitrogens with zero attached hydrogens (tertiary/aromatic N) is 3. The molecular formula is C48H61Cl2Fe2N3O3PdS+4. The minimum atomic E-state index is -4.61. The standard InChI is InChI=1S/C22H16N2O3S.C16H36N.2C5H5.2ClH.2Fe.Pd/c25-28(26,27)21-11-5-10-19-18(21)12-13-20(23-14-16-6-1-2-7-16)22(19)24-15-17-8-3-4-9-17;1-5-9-13-17(14-10-6-2,15-11-7-3)16-12-8-4;2*1-2-4-5-3-1;;;;;/h1-15H,(H,25,26,27);5-16H2,1-4H3;2*1-5H;2*1H;;;/q;+1;;;;;3*+2/p-3. The fourth-order valence-corrected chi connectivity index (χ4v) is 6.97. The third-order valence-electron chi connectivity index (χ3n) is 9.37. The third-order valence-corrected chi connectivity index (χ3v) is 10.3. The maximum Gasteiger partial charge on any atom is 2.00 e. The van der Waals surface area contributed by atoms with Crippen molar-refractivity contribution >= 4 is 63.8 Å². The van der Waals surface area contributed by atoms with Gasteiger partial charge in [0.25, 0.3) is 0 Å².